The molecule has 2 rings (SSSR count). The third-order valence-corrected chi connectivity index (χ3v) is 4.53. The van der Waals surface area contributed by atoms with Crippen LogP contribution in [-0.4, -0.2) is 46.5 Å². The van der Waals surface area contributed by atoms with Gasteiger partial charge in [-0.05, 0) is 45.2 Å². The molecular weight excluding hydrogens is 334 g/mol. The van der Waals surface area contributed by atoms with Gasteiger partial charge >= 0.3 is 12.0 Å². The normalized spacial score (nSPS) is 17.5. The van der Waals surface area contributed by atoms with Crippen LogP contribution in [0, 0.1) is 5.92 Å². The van der Waals surface area contributed by atoms with E-state index in [1.165, 1.54) is 0 Å². The van der Waals surface area contributed by atoms with Gasteiger partial charge in [-0.2, -0.15) is 0 Å². The number of amides is 3. The minimum atomic E-state index is -0.881. The Morgan fingerprint density at radius 1 is 1.23 bits per heavy atom. The first kappa shape index (κ1) is 19.8. The molecule has 3 amide bonds. The number of carbonyl (C=O) groups is 3. The minimum Gasteiger partial charge on any atom is -0.481 e. The molecule has 0 aromatic heterocycles. The molecule has 0 saturated carbocycles. The standard InChI is InChI=1S/C19H27N3O4/c1-19(2,11-10-16(23)24)21-17(25)14-7-6-12-22(13-14)18(26)20-15-8-4-3-5-9-15/h3-5,8-9,14H,6-7,10-13H2,1-2H3,(H,20,26)(H,21,25)(H,23,24). The van der Waals surface area contributed by atoms with Crippen molar-refractivity contribution in [2.75, 3.05) is 18.4 Å². The van der Waals surface area contributed by atoms with Crippen LogP contribution in [0.1, 0.15) is 39.5 Å². The average Bonchev–Trinajstić information content (AvgIpc) is 2.61. The van der Waals surface area contributed by atoms with Crippen LogP contribution in [0.4, 0.5) is 10.5 Å². The second kappa shape index (κ2) is 8.69. The molecule has 0 radical (unpaired) electrons. The summed E-state index contributed by atoms with van der Waals surface area (Å²) in [6, 6.07) is 9.00. The topological polar surface area (TPSA) is 98.7 Å². The molecule has 142 valence electrons. The van der Waals surface area contributed by atoms with Gasteiger partial charge < -0.3 is 20.6 Å². The van der Waals surface area contributed by atoms with E-state index < -0.39 is 11.5 Å². The average molecular weight is 361 g/mol. The Morgan fingerprint density at radius 2 is 1.92 bits per heavy atom. The highest BCUT2D eigenvalue weighted by atomic mass is 16.4. The second-order valence-corrected chi connectivity index (χ2v) is 7.35. The Bertz CT molecular complexity index is 645. The quantitative estimate of drug-likeness (QED) is 0.725. The summed E-state index contributed by atoms with van der Waals surface area (Å²) in [4.78, 5) is 37.4. The fourth-order valence-electron chi connectivity index (χ4n) is 3.02. The van der Waals surface area contributed by atoms with E-state index in [2.05, 4.69) is 10.6 Å². The van der Waals surface area contributed by atoms with Crippen LogP contribution in [0.2, 0.25) is 0 Å². The largest absolute Gasteiger partial charge is 0.481 e. The number of aliphatic carboxylic acids is 1. The molecule has 26 heavy (non-hydrogen) atoms. The molecule has 1 unspecified atom stereocenters. The molecule has 7 nitrogen and oxygen atoms in total. The van der Waals surface area contributed by atoms with E-state index in [9.17, 15) is 14.4 Å². The van der Waals surface area contributed by atoms with Crippen molar-refractivity contribution in [3.8, 4) is 0 Å². The summed E-state index contributed by atoms with van der Waals surface area (Å²) in [6.07, 6.45) is 1.84. The Hall–Kier alpha value is -2.57. The fourth-order valence-corrected chi connectivity index (χ4v) is 3.02. The highest BCUT2D eigenvalue weighted by Gasteiger charge is 2.31. The molecule has 3 N–H and O–H groups in total. The van der Waals surface area contributed by atoms with Crippen molar-refractivity contribution in [1.29, 1.82) is 0 Å². The van der Waals surface area contributed by atoms with Crippen molar-refractivity contribution in [2.24, 2.45) is 5.92 Å². The maximum absolute atomic E-state index is 12.6. The number of carboxylic acid groups (broad SMARTS) is 1. The summed E-state index contributed by atoms with van der Waals surface area (Å²) in [5.41, 5.74) is 0.128. The predicted octanol–water partition coefficient (Wildman–Crippen LogP) is 2.69. The number of nitrogens with one attached hydrogen (secondary N) is 2. The van der Waals surface area contributed by atoms with E-state index >= 15 is 0 Å². The van der Waals surface area contributed by atoms with Gasteiger partial charge in [-0.1, -0.05) is 18.2 Å². The molecule has 1 atom stereocenters. The minimum absolute atomic E-state index is 0.00353. The number of carbonyl (C=O) groups excluding carboxylic acids is 2. The molecule has 1 aliphatic rings. The van der Waals surface area contributed by atoms with E-state index in [0.29, 0.717) is 19.5 Å². The van der Waals surface area contributed by atoms with Crippen molar-refractivity contribution in [1.82, 2.24) is 10.2 Å². The first-order chi connectivity index (χ1) is 12.3. The number of carboxylic acids is 1. The lowest BCUT2D eigenvalue weighted by Gasteiger charge is -2.34. The number of hydrogen-bond acceptors (Lipinski definition) is 3. The van der Waals surface area contributed by atoms with Crippen LogP contribution < -0.4 is 10.6 Å². The van der Waals surface area contributed by atoms with E-state index in [4.69, 9.17) is 5.11 Å². The molecule has 1 aliphatic heterocycles. The summed E-state index contributed by atoms with van der Waals surface area (Å²) in [5, 5.41) is 14.6. The van der Waals surface area contributed by atoms with Crippen LogP contribution in [0.25, 0.3) is 0 Å². The van der Waals surface area contributed by atoms with Crippen LogP contribution in [0.3, 0.4) is 0 Å². The summed E-state index contributed by atoms with van der Waals surface area (Å²) >= 11 is 0. The summed E-state index contributed by atoms with van der Waals surface area (Å²) in [7, 11) is 0. The summed E-state index contributed by atoms with van der Waals surface area (Å²) in [6.45, 7) is 4.61. The number of urea groups is 1. The number of nitrogens with zero attached hydrogens (tertiary/aromatic N) is 1. The van der Waals surface area contributed by atoms with E-state index in [-0.39, 0.29) is 24.3 Å². The molecular formula is C19H27N3O4. The highest BCUT2D eigenvalue weighted by Crippen LogP contribution is 2.20. The van der Waals surface area contributed by atoms with Gasteiger partial charge in [0, 0.05) is 30.7 Å². The van der Waals surface area contributed by atoms with Gasteiger partial charge in [0.1, 0.15) is 0 Å². The maximum Gasteiger partial charge on any atom is 0.321 e. The predicted molar refractivity (Wildman–Crippen MR) is 98.8 cm³/mol. The van der Waals surface area contributed by atoms with Gasteiger partial charge in [0.05, 0.1) is 5.92 Å². The van der Waals surface area contributed by atoms with Gasteiger partial charge in [-0.25, -0.2) is 4.79 Å². The molecule has 0 spiro atoms. The monoisotopic (exact) mass is 361 g/mol. The maximum atomic E-state index is 12.6. The third kappa shape index (κ3) is 6.06. The zero-order chi connectivity index (χ0) is 19.2. The fraction of sp³-hybridized carbons (Fsp3) is 0.526. The zero-order valence-electron chi connectivity index (χ0n) is 15.3. The number of para-hydroxylation sites is 1. The van der Waals surface area contributed by atoms with Crippen LogP contribution >= 0.6 is 0 Å². The molecule has 0 aliphatic carbocycles. The van der Waals surface area contributed by atoms with Crippen LogP contribution in [0.5, 0.6) is 0 Å². The zero-order valence-corrected chi connectivity index (χ0v) is 15.3. The highest BCUT2D eigenvalue weighted by molar-refractivity contribution is 5.90. The lowest BCUT2D eigenvalue weighted by atomic mass is 9.93. The number of rotatable bonds is 6. The number of piperidine rings is 1. The van der Waals surface area contributed by atoms with Gasteiger partial charge in [0.2, 0.25) is 5.91 Å². The van der Waals surface area contributed by atoms with E-state index in [1.807, 2.05) is 44.2 Å². The summed E-state index contributed by atoms with van der Waals surface area (Å²) < 4.78 is 0. The SMILES string of the molecule is CC(C)(CCC(=O)O)NC(=O)C1CCCN(C(=O)Nc2ccccc2)C1. The Labute approximate surface area is 153 Å². The van der Waals surface area contributed by atoms with Crippen LogP contribution in [-0.2, 0) is 9.59 Å². The van der Waals surface area contributed by atoms with Crippen molar-refractivity contribution in [3.63, 3.8) is 0 Å². The van der Waals surface area contributed by atoms with Gasteiger partial charge in [-0.3, -0.25) is 9.59 Å². The van der Waals surface area contributed by atoms with Gasteiger partial charge in [0.25, 0.3) is 0 Å². The van der Waals surface area contributed by atoms with Crippen molar-refractivity contribution in [3.05, 3.63) is 30.3 Å². The molecule has 1 saturated heterocycles. The third-order valence-electron chi connectivity index (χ3n) is 4.53. The second-order valence-electron chi connectivity index (χ2n) is 7.35. The smallest absolute Gasteiger partial charge is 0.321 e. The van der Waals surface area contributed by atoms with Gasteiger partial charge in [0.15, 0.2) is 0 Å². The van der Waals surface area contributed by atoms with Crippen LogP contribution in [0.15, 0.2) is 30.3 Å². The Kier molecular flexibility index (Phi) is 6.60. The summed E-state index contributed by atoms with van der Waals surface area (Å²) in [5.74, 6) is -1.29. The lowest BCUT2D eigenvalue weighted by Crippen LogP contribution is -2.51. The lowest BCUT2D eigenvalue weighted by molar-refractivity contribution is -0.138. The first-order valence-electron chi connectivity index (χ1n) is 8.92. The molecule has 1 aromatic rings. The molecule has 1 aromatic carbocycles. The number of anilines is 1. The van der Waals surface area contributed by atoms with Gasteiger partial charge in [-0.15, -0.1) is 0 Å². The Balaban J connectivity index is 1.89. The van der Waals surface area contributed by atoms with E-state index in [0.717, 1.165) is 18.5 Å². The van der Waals surface area contributed by atoms with Crippen molar-refractivity contribution in [2.45, 2.75) is 45.1 Å². The Morgan fingerprint density at radius 3 is 2.58 bits per heavy atom. The number of likely N-dealkylation sites (tertiary alicyclic amines) is 1. The number of hydrogen-bond donors (Lipinski definition) is 3. The molecule has 1 fully saturated rings. The molecule has 7 heteroatoms. The van der Waals surface area contributed by atoms with Crippen molar-refractivity contribution >= 4 is 23.6 Å². The first-order valence-corrected chi connectivity index (χ1v) is 8.92. The van der Waals surface area contributed by atoms with Crippen molar-refractivity contribution < 1.29 is 19.5 Å². The molecule has 0 bridgehead atoms. The number of benzene rings is 1. The molecule has 1 heterocycles. The van der Waals surface area contributed by atoms with E-state index in [1.54, 1.807) is 4.90 Å².